The molecule has 1 aromatic heterocycles. The van der Waals surface area contributed by atoms with Gasteiger partial charge in [0.15, 0.2) is 5.58 Å². The van der Waals surface area contributed by atoms with Crippen LogP contribution in [0.3, 0.4) is 0 Å². The Labute approximate surface area is 142 Å². The molecular formula is C16H13N2O6S-. The zero-order valence-corrected chi connectivity index (χ0v) is 13.6. The molecule has 0 bridgehead atoms. The lowest BCUT2D eigenvalue weighted by atomic mass is 10.1. The predicted octanol–water partition coefficient (Wildman–Crippen LogP) is -0.239. The highest BCUT2D eigenvalue weighted by atomic mass is 32.2. The molecule has 0 aliphatic carbocycles. The van der Waals surface area contributed by atoms with Crippen molar-refractivity contribution in [3.8, 4) is 0 Å². The number of benzene rings is 2. The summed E-state index contributed by atoms with van der Waals surface area (Å²) in [7, 11) is -4.15. The molecule has 1 atom stereocenters. The van der Waals surface area contributed by atoms with E-state index in [9.17, 15) is 23.1 Å². The highest BCUT2D eigenvalue weighted by Crippen LogP contribution is 2.17. The maximum atomic E-state index is 12.5. The van der Waals surface area contributed by atoms with E-state index in [0.717, 1.165) is 6.07 Å². The summed E-state index contributed by atoms with van der Waals surface area (Å²) in [5.41, 5.74) is 1.04. The number of aromatic nitrogens is 1. The summed E-state index contributed by atoms with van der Waals surface area (Å²) in [6.07, 6.45) is -0.0656. The minimum atomic E-state index is -4.15. The number of hydrogen-bond acceptors (Lipinski definition) is 6. The second-order valence-electron chi connectivity index (χ2n) is 5.36. The van der Waals surface area contributed by atoms with Crippen molar-refractivity contribution < 1.29 is 22.7 Å². The first-order valence-electron chi connectivity index (χ1n) is 7.25. The normalized spacial score (nSPS) is 13.0. The standard InChI is InChI=1S/C16H14N2O6S/c19-15(20)13(8-10-4-2-1-3-5-10)18-25(22,23)11-6-7-12-14(9-11)24-16(21)17-12/h1-7,9,13,18H,8H2,(H,17,21)(H,19,20)/p-1/t13-/m1/s1. The minimum Gasteiger partial charge on any atom is -0.548 e. The van der Waals surface area contributed by atoms with Crippen molar-refractivity contribution in [2.45, 2.75) is 17.4 Å². The number of aliphatic carboxylic acids is 1. The van der Waals surface area contributed by atoms with Crippen LogP contribution in [0.25, 0.3) is 11.1 Å². The van der Waals surface area contributed by atoms with E-state index in [1.807, 2.05) is 0 Å². The number of rotatable bonds is 6. The predicted molar refractivity (Wildman–Crippen MR) is 86.1 cm³/mol. The zero-order chi connectivity index (χ0) is 18.0. The average Bonchev–Trinajstić information content (AvgIpc) is 2.94. The van der Waals surface area contributed by atoms with Gasteiger partial charge in [-0.05, 0) is 24.1 Å². The number of carbonyl (C=O) groups excluding carboxylic acids is 1. The topological polar surface area (TPSA) is 132 Å². The largest absolute Gasteiger partial charge is 0.548 e. The number of H-pyrrole nitrogens is 1. The van der Waals surface area contributed by atoms with Crippen molar-refractivity contribution in [2.75, 3.05) is 0 Å². The van der Waals surface area contributed by atoms with E-state index in [-0.39, 0.29) is 16.9 Å². The van der Waals surface area contributed by atoms with Gasteiger partial charge < -0.3 is 14.3 Å². The van der Waals surface area contributed by atoms with Gasteiger partial charge in [0, 0.05) is 6.07 Å². The minimum absolute atomic E-state index is 0.0564. The van der Waals surface area contributed by atoms with Crippen LogP contribution in [0, 0.1) is 0 Å². The molecule has 8 nitrogen and oxygen atoms in total. The van der Waals surface area contributed by atoms with Crippen LogP contribution >= 0.6 is 0 Å². The Kier molecular flexibility index (Phi) is 4.43. The molecule has 0 saturated heterocycles. The lowest BCUT2D eigenvalue weighted by Crippen LogP contribution is -2.49. The van der Waals surface area contributed by atoms with Gasteiger partial charge in [-0.3, -0.25) is 4.98 Å². The summed E-state index contributed by atoms with van der Waals surface area (Å²) < 4.78 is 31.8. The highest BCUT2D eigenvalue weighted by molar-refractivity contribution is 7.89. The zero-order valence-electron chi connectivity index (χ0n) is 12.8. The van der Waals surface area contributed by atoms with Gasteiger partial charge in [0.05, 0.1) is 22.4 Å². The SMILES string of the molecule is O=C([O-])[C@@H](Cc1ccccc1)NS(=O)(=O)c1ccc2[nH]c(=O)oc2c1. The summed E-state index contributed by atoms with van der Waals surface area (Å²) >= 11 is 0. The third kappa shape index (κ3) is 3.78. The number of carboxylic acids is 1. The second-order valence-corrected chi connectivity index (χ2v) is 7.07. The van der Waals surface area contributed by atoms with Gasteiger partial charge in [-0.25, -0.2) is 17.9 Å². The summed E-state index contributed by atoms with van der Waals surface area (Å²) in [6, 6.07) is 10.9. The van der Waals surface area contributed by atoms with Gasteiger partial charge in [0.25, 0.3) is 0 Å². The molecule has 0 unspecified atom stereocenters. The van der Waals surface area contributed by atoms with Crippen molar-refractivity contribution in [1.29, 1.82) is 0 Å². The van der Waals surface area contributed by atoms with Gasteiger partial charge in [0.2, 0.25) is 10.0 Å². The van der Waals surface area contributed by atoms with Crippen molar-refractivity contribution in [3.63, 3.8) is 0 Å². The molecule has 0 aliphatic rings. The van der Waals surface area contributed by atoms with Crippen LogP contribution < -0.4 is 15.6 Å². The summed E-state index contributed by atoms with van der Waals surface area (Å²) in [5.74, 6) is -2.25. The van der Waals surface area contributed by atoms with E-state index in [4.69, 9.17) is 4.42 Å². The van der Waals surface area contributed by atoms with E-state index in [1.165, 1.54) is 12.1 Å². The third-order valence-corrected chi connectivity index (χ3v) is 5.04. The lowest BCUT2D eigenvalue weighted by Gasteiger charge is -2.19. The second kappa shape index (κ2) is 6.54. The number of aromatic amines is 1. The quantitative estimate of drug-likeness (QED) is 0.623. The van der Waals surface area contributed by atoms with E-state index in [0.29, 0.717) is 11.1 Å². The number of carboxylic acid groups (broad SMARTS) is 1. The van der Waals surface area contributed by atoms with Crippen molar-refractivity contribution in [2.24, 2.45) is 0 Å². The monoisotopic (exact) mass is 361 g/mol. The Hall–Kier alpha value is -2.91. The fraction of sp³-hybridized carbons (Fsp3) is 0.125. The van der Waals surface area contributed by atoms with Crippen LogP contribution in [0.15, 0.2) is 62.6 Å². The molecule has 0 amide bonds. The van der Waals surface area contributed by atoms with E-state index in [1.54, 1.807) is 30.3 Å². The van der Waals surface area contributed by atoms with Gasteiger partial charge in [-0.1, -0.05) is 30.3 Å². The maximum Gasteiger partial charge on any atom is 0.417 e. The molecule has 0 aliphatic heterocycles. The molecule has 3 rings (SSSR count). The summed E-state index contributed by atoms with van der Waals surface area (Å²) in [5, 5.41) is 11.3. The first-order valence-corrected chi connectivity index (χ1v) is 8.73. The number of nitrogens with one attached hydrogen (secondary N) is 2. The van der Waals surface area contributed by atoms with Crippen LogP contribution in [0.1, 0.15) is 5.56 Å². The number of oxazole rings is 1. The Morgan fingerprint density at radius 3 is 2.60 bits per heavy atom. The number of carbonyl (C=O) groups is 1. The molecule has 0 radical (unpaired) electrons. The first-order chi connectivity index (χ1) is 11.8. The summed E-state index contributed by atoms with van der Waals surface area (Å²) in [4.78, 5) is 24.6. The van der Waals surface area contributed by atoms with Crippen LogP contribution in [0.2, 0.25) is 0 Å². The van der Waals surface area contributed by atoms with Crippen molar-refractivity contribution in [1.82, 2.24) is 9.71 Å². The molecule has 130 valence electrons. The molecule has 9 heteroatoms. The summed E-state index contributed by atoms with van der Waals surface area (Å²) in [6.45, 7) is 0. The lowest BCUT2D eigenvalue weighted by molar-refractivity contribution is -0.307. The molecule has 25 heavy (non-hydrogen) atoms. The Morgan fingerprint density at radius 2 is 1.92 bits per heavy atom. The highest BCUT2D eigenvalue weighted by Gasteiger charge is 2.22. The van der Waals surface area contributed by atoms with E-state index >= 15 is 0 Å². The van der Waals surface area contributed by atoms with Gasteiger partial charge in [-0.15, -0.1) is 0 Å². The number of sulfonamides is 1. The third-order valence-electron chi connectivity index (χ3n) is 3.57. The van der Waals surface area contributed by atoms with Crippen LogP contribution in [0.4, 0.5) is 0 Å². The molecule has 0 spiro atoms. The van der Waals surface area contributed by atoms with Crippen LogP contribution in [-0.4, -0.2) is 25.4 Å². The maximum absolute atomic E-state index is 12.5. The molecule has 1 heterocycles. The Morgan fingerprint density at radius 1 is 1.20 bits per heavy atom. The van der Waals surface area contributed by atoms with E-state index < -0.39 is 27.8 Å². The fourth-order valence-electron chi connectivity index (χ4n) is 2.37. The fourth-order valence-corrected chi connectivity index (χ4v) is 3.57. The molecule has 2 aromatic carbocycles. The average molecular weight is 361 g/mol. The Balaban J connectivity index is 1.88. The molecule has 2 N–H and O–H groups in total. The van der Waals surface area contributed by atoms with Gasteiger partial charge in [0.1, 0.15) is 0 Å². The number of hydrogen-bond donors (Lipinski definition) is 2. The van der Waals surface area contributed by atoms with Crippen LogP contribution in [0.5, 0.6) is 0 Å². The van der Waals surface area contributed by atoms with Crippen molar-refractivity contribution in [3.05, 3.63) is 64.6 Å². The Bertz CT molecular complexity index is 1070. The van der Waals surface area contributed by atoms with Gasteiger partial charge in [-0.2, -0.15) is 0 Å². The van der Waals surface area contributed by atoms with Gasteiger partial charge >= 0.3 is 5.76 Å². The smallest absolute Gasteiger partial charge is 0.417 e. The first kappa shape index (κ1) is 16.9. The molecule has 0 fully saturated rings. The molecule has 3 aromatic rings. The van der Waals surface area contributed by atoms with E-state index in [2.05, 4.69) is 9.71 Å². The van der Waals surface area contributed by atoms with Crippen molar-refractivity contribution >= 4 is 27.1 Å². The number of fused-ring (bicyclic) bond motifs is 1. The van der Waals surface area contributed by atoms with Crippen LogP contribution in [-0.2, 0) is 21.2 Å². The molecule has 0 saturated carbocycles. The molecular weight excluding hydrogens is 348 g/mol.